The summed E-state index contributed by atoms with van der Waals surface area (Å²) in [5, 5.41) is 8.33. The summed E-state index contributed by atoms with van der Waals surface area (Å²) in [6.45, 7) is 0. The molecule has 11 heteroatoms. The molecule has 2 rings (SSSR count). The molecular weight excluding hydrogens is 406 g/mol. The fourth-order valence-electron chi connectivity index (χ4n) is 1.87. The second-order valence-corrected chi connectivity index (χ2v) is 7.22. The zero-order valence-electron chi connectivity index (χ0n) is 11.9. The van der Waals surface area contributed by atoms with Gasteiger partial charge in [-0.15, -0.1) is 0 Å². The van der Waals surface area contributed by atoms with E-state index in [1.54, 1.807) is 0 Å². The largest absolute Gasteiger partial charge is 0.478 e. The summed E-state index contributed by atoms with van der Waals surface area (Å²) >= 11 is 11.5. The first-order valence-electron chi connectivity index (χ1n) is 6.34. The molecule has 134 valence electrons. The molecule has 0 spiro atoms. The van der Waals surface area contributed by atoms with Crippen molar-refractivity contribution in [2.45, 2.75) is 11.1 Å². The van der Waals surface area contributed by atoms with Gasteiger partial charge >= 0.3 is 12.1 Å². The first-order chi connectivity index (χ1) is 11.4. The van der Waals surface area contributed by atoms with Crippen molar-refractivity contribution < 1.29 is 31.5 Å². The number of hydrogen-bond donors (Lipinski definition) is 2. The van der Waals surface area contributed by atoms with Crippen LogP contribution in [0.5, 0.6) is 0 Å². The molecule has 0 bridgehead atoms. The number of carboxylic acid groups (broad SMARTS) is 1. The van der Waals surface area contributed by atoms with Gasteiger partial charge in [0.05, 0.1) is 21.2 Å². The highest BCUT2D eigenvalue weighted by Crippen LogP contribution is 2.33. The number of anilines is 1. The van der Waals surface area contributed by atoms with Crippen molar-refractivity contribution in [3.8, 4) is 0 Å². The molecule has 0 radical (unpaired) electrons. The van der Waals surface area contributed by atoms with E-state index in [0.717, 1.165) is 30.3 Å². The smallest absolute Gasteiger partial charge is 0.416 e. The first-order valence-corrected chi connectivity index (χ1v) is 8.58. The molecule has 0 aliphatic rings. The summed E-state index contributed by atoms with van der Waals surface area (Å²) in [5.41, 5.74) is -1.94. The van der Waals surface area contributed by atoms with Gasteiger partial charge < -0.3 is 5.11 Å². The molecule has 0 saturated carbocycles. The molecule has 0 aromatic heterocycles. The summed E-state index contributed by atoms with van der Waals surface area (Å²) in [5.74, 6) is -1.49. The van der Waals surface area contributed by atoms with Gasteiger partial charge in [-0.25, -0.2) is 13.2 Å². The summed E-state index contributed by atoms with van der Waals surface area (Å²) in [6, 6.07) is 5.15. The van der Waals surface area contributed by atoms with E-state index < -0.39 is 38.2 Å². The van der Waals surface area contributed by atoms with Gasteiger partial charge in [-0.3, -0.25) is 4.72 Å². The van der Waals surface area contributed by atoms with E-state index in [9.17, 15) is 26.4 Å². The van der Waals surface area contributed by atoms with Crippen LogP contribution in [-0.2, 0) is 16.2 Å². The maximum absolute atomic E-state index is 12.7. The van der Waals surface area contributed by atoms with Crippen LogP contribution in [0.1, 0.15) is 15.9 Å². The molecule has 0 atom stereocenters. The number of benzene rings is 2. The van der Waals surface area contributed by atoms with Gasteiger partial charge in [0, 0.05) is 5.69 Å². The molecule has 0 aliphatic carbocycles. The number of nitrogens with one attached hydrogen (secondary N) is 1. The van der Waals surface area contributed by atoms with E-state index in [0.29, 0.717) is 6.07 Å². The monoisotopic (exact) mass is 413 g/mol. The van der Waals surface area contributed by atoms with Crippen LogP contribution >= 0.6 is 23.2 Å². The Hall–Kier alpha value is -1.97. The normalized spacial score (nSPS) is 12.0. The fraction of sp³-hybridized carbons (Fsp3) is 0.0714. The van der Waals surface area contributed by atoms with Gasteiger partial charge in [-0.2, -0.15) is 13.2 Å². The second-order valence-electron chi connectivity index (χ2n) is 4.75. The van der Waals surface area contributed by atoms with Crippen LogP contribution in [-0.4, -0.2) is 19.5 Å². The maximum atomic E-state index is 12.7. The minimum Gasteiger partial charge on any atom is -0.478 e. The van der Waals surface area contributed by atoms with Crippen LogP contribution in [0.25, 0.3) is 0 Å². The standard InChI is InChI=1S/C14H8Cl2F3NO4S/c15-10-6-11(16)12(5-9(10)13(21)22)25(23,24)20-8-3-1-2-7(4-8)14(17,18)19/h1-6,20H,(H,21,22). The minimum absolute atomic E-state index is 0.282. The Kier molecular flexibility index (Phi) is 5.22. The van der Waals surface area contributed by atoms with Gasteiger partial charge in [-0.1, -0.05) is 29.3 Å². The van der Waals surface area contributed by atoms with E-state index >= 15 is 0 Å². The van der Waals surface area contributed by atoms with Crippen molar-refractivity contribution in [2.75, 3.05) is 4.72 Å². The third kappa shape index (κ3) is 4.36. The van der Waals surface area contributed by atoms with E-state index in [4.69, 9.17) is 28.3 Å². The third-order valence-electron chi connectivity index (χ3n) is 2.98. The molecule has 0 aliphatic heterocycles. The zero-order chi connectivity index (χ0) is 19.0. The molecule has 0 amide bonds. The maximum Gasteiger partial charge on any atom is 0.416 e. The third-order valence-corrected chi connectivity index (χ3v) is 5.14. The Bertz CT molecular complexity index is 946. The van der Waals surface area contributed by atoms with Crippen molar-refractivity contribution in [3.63, 3.8) is 0 Å². The summed E-state index contributed by atoms with van der Waals surface area (Å²) in [4.78, 5) is 10.4. The summed E-state index contributed by atoms with van der Waals surface area (Å²) < 4.78 is 64.7. The molecule has 2 aromatic rings. The average molecular weight is 414 g/mol. The molecule has 0 heterocycles. The highest BCUT2D eigenvalue weighted by Gasteiger charge is 2.31. The van der Waals surface area contributed by atoms with E-state index in [1.165, 1.54) is 0 Å². The summed E-state index contributed by atoms with van der Waals surface area (Å²) in [7, 11) is -4.45. The van der Waals surface area contributed by atoms with Gasteiger partial charge in [0.15, 0.2) is 0 Å². The molecule has 2 N–H and O–H groups in total. The second kappa shape index (κ2) is 6.74. The molecule has 0 unspecified atom stereocenters. The van der Waals surface area contributed by atoms with Gasteiger partial charge in [-0.05, 0) is 30.3 Å². The lowest BCUT2D eigenvalue weighted by Crippen LogP contribution is -2.15. The lowest BCUT2D eigenvalue weighted by Gasteiger charge is -2.13. The molecular formula is C14H8Cl2F3NO4S. The molecule has 5 nitrogen and oxygen atoms in total. The SMILES string of the molecule is O=C(O)c1cc(S(=O)(=O)Nc2cccc(C(F)(F)F)c2)c(Cl)cc1Cl. The Morgan fingerprint density at radius 1 is 1.08 bits per heavy atom. The van der Waals surface area contributed by atoms with Gasteiger partial charge in [0.1, 0.15) is 4.90 Å². The molecule has 0 saturated heterocycles. The van der Waals surface area contributed by atoms with E-state index in [-0.39, 0.29) is 15.7 Å². The zero-order valence-corrected chi connectivity index (χ0v) is 14.3. The Morgan fingerprint density at radius 2 is 1.72 bits per heavy atom. The predicted molar refractivity (Wildman–Crippen MR) is 85.7 cm³/mol. The average Bonchev–Trinajstić information content (AvgIpc) is 2.45. The number of rotatable bonds is 4. The predicted octanol–water partition coefficient (Wildman–Crippen LogP) is 4.51. The van der Waals surface area contributed by atoms with E-state index in [2.05, 4.69) is 0 Å². The Labute approximate surface area is 150 Å². The van der Waals surface area contributed by atoms with Crippen LogP contribution in [0.4, 0.5) is 18.9 Å². The number of alkyl halides is 3. The molecule has 2 aromatic carbocycles. The quantitative estimate of drug-likeness (QED) is 0.771. The number of aromatic carboxylic acids is 1. The number of hydrogen-bond acceptors (Lipinski definition) is 3. The molecule has 0 fully saturated rings. The van der Waals surface area contributed by atoms with Crippen molar-refractivity contribution in [1.29, 1.82) is 0 Å². The van der Waals surface area contributed by atoms with Crippen molar-refractivity contribution >= 4 is 44.9 Å². The highest BCUT2D eigenvalue weighted by molar-refractivity contribution is 7.92. The lowest BCUT2D eigenvalue weighted by atomic mass is 10.2. The lowest BCUT2D eigenvalue weighted by molar-refractivity contribution is -0.137. The number of carbonyl (C=O) groups is 1. The van der Waals surface area contributed by atoms with Crippen molar-refractivity contribution in [1.82, 2.24) is 0 Å². The van der Waals surface area contributed by atoms with Crippen LogP contribution in [0.2, 0.25) is 10.0 Å². The molecule has 25 heavy (non-hydrogen) atoms. The van der Waals surface area contributed by atoms with Crippen LogP contribution in [0.15, 0.2) is 41.3 Å². The number of sulfonamides is 1. The fourth-order valence-corrected chi connectivity index (χ4v) is 3.77. The van der Waals surface area contributed by atoms with Crippen molar-refractivity contribution in [3.05, 3.63) is 57.6 Å². The minimum atomic E-state index is -4.66. The van der Waals surface area contributed by atoms with Crippen LogP contribution < -0.4 is 4.72 Å². The first kappa shape index (κ1) is 19.4. The van der Waals surface area contributed by atoms with Crippen molar-refractivity contribution in [2.24, 2.45) is 0 Å². The Morgan fingerprint density at radius 3 is 2.28 bits per heavy atom. The highest BCUT2D eigenvalue weighted by atomic mass is 35.5. The number of halogens is 5. The van der Waals surface area contributed by atoms with Gasteiger partial charge in [0.2, 0.25) is 0 Å². The number of carboxylic acids is 1. The topological polar surface area (TPSA) is 83.5 Å². The van der Waals surface area contributed by atoms with E-state index in [1.807, 2.05) is 4.72 Å². The van der Waals surface area contributed by atoms with Crippen LogP contribution in [0.3, 0.4) is 0 Å². The van der Waals surface area contributed by atoms with Gasteiger partial charge in [0.25, 0.3) is 10.0 Å². The van der Waals surface area contributed by atoms with Crippen LogP contribution in [0, 0.1) is 0 Å². The Balaban J connectivity index is 2.47. The summed E-state index contributed by atoms with van der Waals surface area (Å²) in [6.07, 6.45) is -4.66.